The maximum Gasteiger partial charge on any atom is 0.459 e. The van der Waals surface area contributed by atoms with Crippen LogP contribution < -0.4 is 9.61 Å². The number of carbonyl (C=O) groups is 1. The van der Waals surface area contributed by atoms with Gasteiger partial charge in [-0.1, -0.05) is 39.0 Å². The van der Waals surface area contributed by atoms with E-state index >= 15 is 0 Å². The highest BCUT2D eigenvalue weighted by atomic mass is 31.2. The molecule has 166 valence electrons. The zero-order chi connectivity index (χ0) is 22.5. The summed E-state index contributed by atoms with van der Waals surface area (Å²) < 4.78 is 35.5. The molecule has 1 aliphatic rings. The number of ether oxygens (including phenoxy) is 2. The smallest absolute Gasteiger partial charge is 0.459 e. The fraction of sp³-hybridized carbons (Fsp3) is 0.650. The fourth-order valence-electron chi connectivity index (χ4n) is 2.82. The molecule has 0 aliphatic carbocycles. The number of esters is 1. The van der Waals surface area contributed by atoms with Gasteiger partial charge in [0, 0.05) is 6.04 Å². The first kappa shape index (κ1) is 24.9. The van der Waals surface area contributed by atoms with Crippen molar-refractivity contribution in [3.8, 4) is 5.75 Å². The first-order valence-corrected chi connectivity index (χ1v) is 11.5. The Morgan fingerprint density at radius 2 is 1.97 bits per heavy atom. The molecule has 2 N–H and O–H groups in total. The van der Waals surface area contributed by atoms with Crippen molar-refractivity contribution >= 4 is 21.6 Å². The molecule has 6 atom stereocenters. The molecule has 10 heteroatoms. The number of hydrogen-bond donors (Lipinski definition) is 2. The van der Waals surface area contributed by atoms with Crippen molar-refractivity contribution < 1.29 is 33.0 Å². The molecule has 30 heavy (non-hydrogen) atoms. The minimum atomic E-state index is -3.89. The lowest BCUT2D eigenvalue weighted by molar-refractivity contribution is -0.147. The summed E-state index contributed by atoms with van der Waals surface area (Å²) in [5.74, 6) is -0.291. The minimum absolute atomic E-state index is 0.0109. The van der Waals surface area contributed by atoms with Gasteiger partial charge in [0.1, 0.15) is 18.5 Å². The molecule has 2 radical (unpaired) electrons. The lowest BCUT2D eigenvalue weighted by atomic mass is 9.64. The van der Waals surface area contributed by atoms with Crippen LogP contribution in [0.2, 0.25) is 5.31 Å². The second kappa shape index (κ2) is 10.3. The summed E-state index contributed by atoms with van der Waals surface area (Å²) in [7, 11) is 2.20. The Bertz CT molecular complexity index is 746. The van der Waals surface area contributed by atoms with E-state index in [0.717, 1.165) is 0 Å². The molecule has 0 bridgehead atoms. The van der Waals surface area contributed by atoms with Gasteiger partial charge < -0.3 is 19.1 Å². The van der Waals surface area contributed by atoms with Crippen LogP contribution in [-0.4, -0.2) is 56.5 Å². The first-order chi connectivity index (χ1) is 13.9. The number of benzene rings is 1. The molecule has 1 aromatic rings. The summed E-state index contributed by atoms with van der Waals surface area (Å²) in [4.78, 5) is 11.7. The number of para-hydroxylation sites is 1. The van der Waals surface area contributed by atoms with Gasteiger partial charge in [0.2, 0.25) is 0 Å². The number of rotatable bonds is 10. The second-order valence-corrected chi connectivity index (χ2v) is 9.83. The molecule has 0 aromatic heterocycles. The third-order valence-electron chi connectivity index (χ3n) is 4.95. The van der Waals surface area contributed by atoms with E-state index in [4.69, 9.17) is 26.4 Å². The number of nitrogens with one attached hydrogen (secondary N) is 1. The van der Waals surface area contributed by atoms with Crippen LogP contribution >= 0.6 is 7.75 Å². The summed E-state index contributed by atoms with van der Waals surface area (Å²) in [6, 6.07) is 8.03. The molecule has 0 saturated carbocycles. The van der Waals surface area contributed by atoms with Gasteiger partial charge in [-0.15, -0.1) is 0 Å². The molecule has 0 amide bonds. The Kier molecular flexibility index (Phi) is 8.54. The van der Waals surface area contributed by atoms with Crippen LogP contribution in [0.3, 0.4) is 0 Å². The average molecular weight is 439 g/mol. The third kappa shape index (κ3) is 6.56. The Labute approximate surface area is 179 Å². The molecule has 1 aliphatic heterocycles. The van der Waals surface area contributed by atoms with E-state index in [2.05, 4.69) is 5.09 Å². The second-order valence-electron chi connectivity index (χ2n) is 8.14. The van der Waals surface area contributed by atoms with Crippen LogP contribution in [0.1, 0.15) is 34.6 Å². The fourth-order valence-corrected chi connectivity index (χ4v) is 4.35. The summed E-state index contributed by atoms with van der Waals surface area (Å²) in [5, 5.41) is 12.2. The zero-order valence-electron chi connectivity index (χ0n) is 18.1. The van der Waals surface area contributed by atoms with Crippen molar-refractivity contribution in [2.45, 2.75) is 64.3 Å². The third-order valence-corrected chi connectivity index (χ3v) is 6.64. The monoisotopic (exact) mass is 439 g/mol. The number of hydrogen-bond acceptors (Lipinski definition) is 7. The predicted octanol–water partition coefficient (Wildman–Crippen LogP) is 2.86. The standard InChI is InChI=1S/C20H31BNO7P/c1-13(2)19(24)26-11-14(3)22-30(25,29-16-9-7-6-8-10-16)27-12-17-18(23)20(5,21)15(4)28-17/h6-10,13-15,17-18,23H,11-12H2,1-5H3,(H,22,25)/t14-,15-,17+,18+,20-,30?/m0/s1. The van der Waals surface area contributed by atoms with Crippen LogP contribution in [0.4, 0.5) is 0 Å². The topological polar surface area (TPSA) is 103 Å². The summed E-state index contributed by atoms with van der Waals surface area (Å²) in [6.07, 6.45) is -2.17. The van der Waals surface area contributed by atoms with Crippen LogP contribution in [0.25, 0.3) is 0 Å². The summed E-state index contributed by atoms with van der Waals surface area (Å²) in [5.41, 5.74) is 0. The Hall–Kier alpha value is -1.38. The zero-order valence-corrected chi connectivity index (χ0v) is 19.0. The Morgan fingerprint density at radius 3 is 2.50 bits per heavy atom. The number of aliphatic hydroxyl groups is 1. The van der Waals surface area contributed by atoms with Crippen molar-refractivity contribution in [1.29, 1.82) is 0 Å². The van der Waals surface area contributed by atoms with E-state index in [1.807, 2.05) is 0 Å². The number of aliphatic hydroxyl groups excluding tert-OH is 1. The average Bonchev–Trinajstić information content (AvgIpc) is 2.87. The van der Waals surface area contributed by atoms with Crippen molar-refractivity contribution in [3.63, 3.8) is 0 Å². The summed E-state index contributed by atoms with van der Waals surface area (Å²) in [6.45, 7) is 8.38. The highest BCUT2D eigenvalue weighted by Crippen LogP contribution is 2.47. The van der Waals surface area contributed by atoms with Gasteiger partial charge in [-0.05, 0) is 31.3 Å². The van der Waals surface area contributed by atoms with Crippen molar-refractivity contribution in [3.05, 3.63) is 30.3 Å². The van der Waals surface area contributed by atoms with E-state index in [0.29, 0.717) is 5.75 Å². The van der Waals surface area contributed by atoms with Crippen LogP contribution in [0.5, 0.6) is 5.75 Å². The largest absolute Gasteiger partial charge is 0.464 e. The van der Waals surface area contributed by atoms with Gasteiger partial charge >= 0.3 is 13.7 Å². The van der Waals surface area contributed by atoms with Gasteiger partial charge in [-0.25, -0.2) is 9.65 Å². The van der Waals surface area contributed by atoms with Gasteiger partial charge in [0.15, 0.2) is 0 Å². The van der Waals surface area contributed by atoms with E-state index < -0.39 is 37.4 Å². The molecule has 0 spiro atoms. The van der Waals surface area contributed by atoms with Crippen molar-refractivity contribution in [2.24, 2.45) is 5.92 Å². The van der Waals surface area contributed by atoms with E-state index in [1.165, 1.54) is 0 Å². The minimum Gasteiger partial charge on any atom is -0.464 e. The molecule has 1 heterocycles. The molecule has 1 saturated heterocycles. The van der Waals surface area contributed by atoms with Gasteiger partial charge in [0.05, 0.1) is 32.6 Å². The van der Waals surface area contributed by atoms with Crippen LogP contribution in [0.15, 0.2) is 30.3 Å². The lowest BCUT2D eigenvalue weighted by Crippen LogP contribution is -2.36. The lowest BCUT2D eigenvalue weighted by Gasteiger charge is -2.27. The highest BCUT2D eigenvalue weighted by Gasteiger charge is 2.47. The highest BCUT2D eigenvalue weighted by molar-refractivity contribution is 7.52. The van der Waals surface area contributed by atoms with Crippen LogP contribution in [-0.2, 0) is 23.4 Å². The quantitative estimate of drug-likeness (QED) is 0.326. The van der Waals surface area contributed by atoms with E-state index in [1.54, 1.807) is 65.0 Å². The van der Waals surface area contributed by atoms with Crippen molar-refractivity contribution in [1.82, 2.24) is 5.09 Å². The maximum absolute atomic E-state index is 13.4. The van der Waals surface area contributed by atoms with Crippen LogP contribution in [0, 0.1) is 5.92 Å². The molecule has 8 nitrogen and oxygen atoms in total. The SMILES string of the molecule is [B][C@@]1(C)[C@H](C)O[C@H](COP(=O)(N[C@@H](C)COC(=O)C(C)C)Oc2ccccc2)[C@H]1O. The molecule has 1 fully saturated rings. The molecular formula is C20H31BNO7P. The summed E-state index contributed by atoms with van der Waals surface area (Å²) >= 11 is 0. The number of carbonyl (C=O) groups excluding carboxylic acids is 1. The molecular weight excluding hydrogens is 408 g/mol. The van der Waals surface area contributed by atoms with Gasteiger partial charge in [0.25, 0.3) is 0 Å². The van der Waals surface area contributed by atoms with Crippen molar-refractivity contribution in [2.75, 3.05) is 13.2 Å². The predicted molar refractivity (Wildman–Crippen MR) is 113 cm³/mol. The first-order valence-electron chi connectivity index (χ1n) is 10.0. The maximum atomic E-state index is 13.4. The Morgan fingerprint density at radius 1 is 1.33 bits per heavy atom. The van der Waals surface area contributed by atoms with E-state index in [-0.39, 0.29) is 25.1 Å². The Balaban J connectivity index is 2.06. The van der Waals surface area contributed by atoms with E-state index in [9.17, 15) is 14.5 Å². The normalized spacial score (nSPS) is 29.4. The van der Waals surface area contributed by atoms with Gasteiger partial charge in [-0.3, -0.25) is 9.32 Å². The van der Waals surface area contributed by atoms with Gasteiger partial charge in [-0.2, -0.15) is 0 Å². The molecule has 2 rings (SSSR count). The molecule has 1 aromatic carbocycles. The molecule has 1 unspecified atom stereocenters.